The molecule has 0 aromatic carbocycles. The minimum Gasteiger partial charge on any atom is -0.243 e. The van der Waals surface area contributed by atoms with E-state index in [0.717, 1.165) is 12.6 Å². The first-order valence-electron chi connectivity index (χ1n) is 3.14. The molecule has 2 nitrogen and oxygen atoms in total. The van der Waals surface area contributed by atoms with Crippen molar-refractivity contribution in [3.8, 4) is 6.07 Å². The van der Waals surface area contributed by atoms with E-state index in [9.17, 15) is 0 Å². The summed E-state index contributed by atoms with van der Waals surface area (Å²) in [5.74, 6) is 0. The van der Waals surface area contributed by atoms with Gasteiger partial charge in [-0.25, -0.2) is 3.11 Å². The van der Waals surface area contributed by atoms with Crippen LogP contribution in [0.1, 0.15) is 19.3 Å². The van der Waals surface area contributed by atoms with E-state index in [1.807, 2.05) is 0 Å². The summed E-state index contributed by atoms with van der Waals surface area (Å²) in [6, 6.07) is 2.93. The monoisotopic (exact) mass is 236 g/mol. The van der Waals surface area contributed by atoms with Gasteiger partial charge in [0.05, 0.1) is 6.07 Å². The van der Waals surface area contributed by atoms with Crippen LogP contribution in [0.25, 0.3) is 0 Å². The maximum absolute atomic E-state index is 8.24. The lowest BCUT2D eigenvalue weighted by atomic mass is 10.4. The molecule has 0 aromatic heterocycles. The van der Waals surface area contributed by atoms with Crippen LogP contribution >= 0.6 is 22.9 Å². The summed E-state index contributed by atoms with van der Waals surface area (Å²) in [7, 11) is 0. The summed E-state index contributed by atoms with van der Waals surface area (Å²) in [6.07, 6.45) is 3.32. The average molecular weight is 236 g/mol. The Morgan fingerprint density at radius 3 is 2.78 bits per heavy atom. The SMILES string of the molecule is N#CCCN(I)C1CC1. The first-order valence-corrected chi connectivity index (χ1v) is 4.10. The van der Waals surface area contributed by atoms with Crippen molar-refractivity contribution in [2.45, 2.75) is 25.3 Å². The fraction of sp³-hybridized carbons (Fsp3) is 0.833. The molecule has 0 radical (unpaired) electrons. The number of nitriles is 1. The van der Waals surface area contributed by atoms with Crippen molar-refractivity contribution in [3.05, 3.63) is 0 Å². The van der Waals surface area contributed by atoms with Crippen molar-refractivity contribution in [1.82, 2.24) is 3.11 Å². The molecule has 0 aliphatic heterocycles. The summed E-state index contributed by atoms with van der Waals surface area (Å²) in [5.41, 5.74) is 0. The molecule has 50 valence electrons. The fourth-order valence-electron chi connectivity index (χ4n) is 0.694. The van der Waals surface area contributed by atoms with E-state index in [1.54, 1.807) is 0 Å². The first-order chi connectivity index (χ1) is 4.34. The third-order valence-corrected chi connectivity index (χ3v) is 2.65. The lowest BCUT2D eigenvalue weighted by molar-refractivity contribution is 0.512. The van der Waals surface area contributed by atoms with E-state index >= 15 is 0 Å². The fourth-order valence-corrected chi connectivity index (χ4v) is 1.49. The molecule has 1 aliphatic rings. The third kappa shape index (κ3) is 2.50. The van der Waals surface area contributed by atoms with Crippen LogP contribution in [0.4, 0.5) is 0 Å². The molecule has 9 heavy (non-hydrogen) atoms. The van der Waals surface area contributed by atoms with Crippen LogP contribution in [0.5, 0.6) is 0 Å². The number of nitrogens with zero attached hydrogens (tertiary/aromatic N) is 2. The molecule has 0 aromatic rings. The highest BCUT2D eigenvalue weighted by Crippen LogP contribution is 2.29. The molecule has 1 aliphatic carbocycles. The lowest BCUT2D eigenvalue weighted by Crippen LogP contribution is -2.14. The highest BCUT2D eigenvalue weighted by atomic mass is 127. The van der Waals surface area contributed by atoms with E-state index in [0.29, 0.717) is 6.42 Å². The molecule has 3 heteroatoms. The van der Waals surface area contributed by atoms with Crippen LogP contribution in [-0.4, -0.2) is 15.7 Å². The highest BCUT2D eigenvalue weighted by molar-refractivity contribution is 14.1. The van der Waals surface area contributed by atoms with E-state index in [-0.39, 0.29) is 0 Å². The van der Waals surface area contributed by atoms with Gasteiger partial charge in [0.1, 0.15) is 0 Å². The van der Waals surface area contributed by atoms with Crippen LogP contribution < -0.4 is 0 Å². The predicted octanol–water partition coefficient (Wildman–Crippen LogP) is 1.71. The van der Waals surface area contributed by atoms with Gasteiger partial charge < -0.3 is 0 Å². The molecule has 0 unspecified atom stereocenters. The Labute approximate surface area is 69.3 Å². The molecule has 1 fully saturated rings. The summed E-state index contributed by atoms with van der Waals surface area (Å²) in [5, 5.41) is 8.24. The van der Waals surface area contributed by atoms with Crippen LogP contribution in [-0.2, 0) is 0 Å². The summed E-state index contributed by atoms with van der Waals surface area (Å²) in [6.45, 7) is 0.932. The van der Waals surface area contributed by atoms with Crippen molar-refractivity contribution >= 4 is 22.9 Å². The minimum atomic E-state index is 0.666. The largest absolute Gasteiger partial charge is 0.243 e. The van der Waals surface area contributed by atoms with Gasteiger partial charge in [0.25, 0.3) is 0 Å². The van der Waals surface area contributed by atoms with E-state index < -0.39 is 0 Å². The minimum absolute atomic E-state index is 0.666. The normalized spacial score (nSPS) is 17.9. The Morgan fingerprint density at radius 1 is 1.67 bits per heavy atom. The second-order valence-electron chi connectivity index (χ2n) is 2.26. The number of rotatable bonds is 3. The van der Waals surface area contributed by atoms with Gasteiger partial charge in [-0.05, 0) is 12.8 Å². The molecular weight excluding hydrogens is 227 g/mol. The average Bonchev–Trinajstić information content (AvgIpc) is 2.63. The van der Waals surface area contributed by atoms with Gasteiger partial charge in [0.15, 0.2) is 0 Å². The molecule has 0 heterocycles. The van der Waals surface area contributed by atoms with Crippen molar-refractivity contribution in [2.24, 2.45) is 0 Å². The molecule has 0 spiro atoms. The molecule has 0 saturated heterocycles. The van der Waals surface area contributed by atoms with Crippen molar-refractivity contribution in [1.29, 1.82) is 5.26 Å². The topological polar surface area (TPSA) is 27.0 Å². The molecule has 1 rings (SSSR count). The maximum Gasteiger partial charge on any atom is 0.0635 e. The first kappa shape index (κ1) is 7.29. The zero-order valence-corrected chi connectivity index (χ0v) is 7.34. The van der Waals surface area contributed by atoms with Crippen LogP contribution in [0.15, 0.2) is 0 Å². The van der Waals surface area contributed by atoms with Gasteiger partial charge >= 0.3 is 0 Å². The Morgan fingerprint density at radius 2 is 2.33 bits per heavy atom. The van der Waals surface area contributed by atoms with Gasteiger partial charge in [-0.3, -0.25) is 0 Å². The van der Waals surface area contributed by atoms with E-state index in [2.05, 4.69) is 32.0 Å². The van der Waals surface area contributed by atoms with E-state index in [4.69, 9.17) is 5.26 Å². The summed E-state index contributed by atoms with van der Waals surface area (Å²) < 4.78 is 2.24. The second-order valence-corrected chi connectivity index (χ2v) is 3.50. The molecule has 1 saturated carbocycles. The van der Waals surface area contributed by atoms with Gasteiger partial charge in [-0.15, -0.1) is 0 Å². The summed E-state index contributed by atoms with van der Waals surface area (Å²) >= 11 is 2.30. The lowest BCUT2D eigenvalue weighted by Gasteiger charge is -2.08. The number of halogens is 1. The molecule has 0 amide bonds. The van der Waals surface area contributed by atoms with Crippen LogP contribution in [0.3, 0.4) is 0 Å². The number of hydrogen-bond donors (Lipinski definition) is 0. The maximum atomic E-state index is 8.24. The quantitative estimate of drug-likeness (QED) is 0.551. The predicted molar refractivity (Wildman–Crippen MR) is 44.0 cm³/mol. The molecule has 0 bridgehead atoms. The van der Waals surface area contributed by atoms with Crippen LogP contribution in [0, 0.1) is 11.3 Å². The summed E-state index contributed by atoms with van der Waals surface area (Å²) in [4.78, 5) is 0. The van der Waals surface area contributed by atoms with Gasteiger partial charge in [0, 0.05) is 41.9 Å². The van der Waals surface area contributed by atoms with E-state index in [1.165, 1.54) is 12.8 Å². The number of hydrogen-bond acceptors (Lipinski definition) is 2. The Hall–Kier alpha value is 0.180. The smallest absolute Gasteiger partial charge is 0.0635 e. The van der Waals surface area contributed by atoms with Crippen LogP contribution in [0.2, 0.25) is 0 Å². The Kier molecular flexibility index (Phi) is 2.73. The van der Waals surface area contributed by atoms with Crippen molar-refractivity contribution in [3.63, 3.8) is 0 Å². The standard InChI is InChI=1S/C6H9IN2/c7-9(5-1-4-8)6-2-3-6/h6H,1-3,5H2. The Bertz CT molecular complexity index is 126. The van der Waals surface area contributed by atoms with Gasteiger partial charge in [-0.2, -0.15) is 5.26 Å². The Balaban J connectivity index is 2.04. The van der Waals surface area contributed by atoms with Gasteiger partial charge in [-0.1, -0.05) is 0 Å². The zero-order valence-electron chi connectivity index (χ0n) is 5.18. The molecular formula is C6H9IN2. The highest BCUT2D eigenvalue weighted by Gasteiger charge is 2.26. The zero-order chi connectivity index (χ0) is 6.69. The van der Waals surface area contributed by atoms with Crippen molar-refractivity contribution in [2.75, 3.05) is 6.54 Å². The molecule has 0 atom stereocenters. The molecule has 0 N–H and O–H groups in total. The second kappa shape index (κ2) is 3.37. The third-order valence-electron chi connectivity index (χ3n) is 1.38. The van der Waals surface area contributed by atoms with Gasteiger partial charge in [0.2, 0.25) is 0 Å². The van der Waals surface area contributed by atoms with Crippen molar-refractivity contribution < 1.29 is 0 Å².